The zero-order chi connectivity index (χ0) is 21.4. The van der Waals surface area contributed by atoms with E-state index in [1.165, 1.54) is 0 Å². The Morgan fingerprint density at radius 1 is 1.06 bits per heavy atom. The molecule has 0 aliphatic carbocycles. The average molecular weight is 434 g/mol. The van der Waals surface area contributed by atoms with E-state index in [1.807, 2.05) is 60.7 Å². The third-order valence-electron chi connectivity index (χ3n) is 5.37. The van der Waals surface area contributed by atoms with Crippen LogP contribution in [0, 0.1) is 0 Å². The lowest BCUT2D eigenvalue weighted by Gasteiger charge is -2.18. The predicted octanol–water partition coefficient (Wildman–Crippen LogP) is 4.62. The van der Waals surface area contributed by atoms with Gasteiger partial charge in [-0.25, -0.2) is 4.98 Å². The molecule has 2 heterocycles. The highest BCUT2D eigenvalue weighted by molar-refractivity contribution is 6.30. The van der Waals surface area contributed by atoms with E-state index in [2.05, 4.69) is 12.2 Å². The summed E-state index contributed by atoms with van der Waals surface area (Å²) < 4.78 is 12.5. The molecule has 0 saturated heterocycles. The van der Waals surface area contributed by atoms with Gasteiger partial charge >= 0.3 is 0 Å². The van der Waals surface area contributed by atoms with Crippen molar-refractivity contribution in [3.8, 4) is 17.2 Å². The Morgan fingerprint density at radius 2 is 1.90 bits per heavy atom. The van der Waals surface area contributed by atoms with E-state index >= 15 is 0 Å². The second-order valence-corrected chi connectivity index (χ2v) is 7.82. The summed E-state index contributed by atoms with van der Waals surface area (Å²) in [6.07, 6.45) is 0. The lowest BCUT2D eigenvalue weighted by atomic mass is 10.1. The van der Waals surface area contributed by atoms with Crippen molar-refractivity contribution in [2.45, 2.75) is 19.5 Å². The van der Waals surface area contributed by atoms with Crippen LogP contribution in [0.1, 0.15) is 24.4 Å². The molecule has 0 spiro atoms. The molecule has 5 rings (SSSR count). The van der Waals surface area contributed by atoms with Gasteiger partial charge in [-0.3, -0.25) is 9.36 Å². The fraction of sp³-hybridized carbons (Fsp3) is 0.167. The van der Waals surface area contributed by atoms with Gasteiger partial charge in [-0.15, -0.1) is 0 Å². The zero-order valence-corrected chi connectivity index (χ0v) is 17.6. The van der Waals surface area contributed by atoms with Crippen LogP contribution in [0.2, 0.25) is 5.02 Å². The van der Waals surface area contributed by atoms with Gasteiger partial charge in [0.2, 0.25) is 6.79 Å². The van der Waals surface area contributed by atoms with Crippen LogP contribution in [0.5, 0.6) is 11.5 Å². The van der Waals surface area contributed by atoms with E-state index in [1.54, 1.807) is 10.6 Å². The van der Waals surface area contributed by atoms with E-state index in [0.29, 0.717) is 45.5 Å². The third-order valence-corrected chi connectivity index (χ3v) is 5.61. The molecule has 3 aromatic carbocycles. The predicted molar refractivity (Wildman–Crippen MR) is 120 cm³/mol. The normalized spacial score (nSPS) is 13.5. The Labute approximate surface area is 184 Å². The number of benzene rings is 3. The highest BCUT2D eigenvalue weighted by Crippen LogP contribution is 2.33. The van der Waals surface area contributed by atoms with Crippen LogP contribution in [0.3, 0.4) is 0 Å². The monoisotopic (exact) mass is 433 g/mol. The minimum Gasteiger partial charge on any atom is -0.454 e. The van der Waals surface area contributed by atoms with Crippen LogP contribution in [-0.4, -0.2) is 16.3 Å². The molecule has 0 radical (unpaired) electrons. The summed E-state index contributed by atoms with van der Waals surface area (Å²) in [6.45, 7) is 2.62. The molecule has 1 aromatic heterocycles. The molecule has 0 amide bonds. The van der Waals surface area contributed by atoms with Crippen molar-refractivity contribution in [2.75, 3.05) is 6.79 Å². The fourth-order valence-corrected chi connectivity index (χ4v) is 3.92. The Bertz CT molecular complexity index is 1340. The number of hydrogen-bond donors (Lipinski definition) is 1. The second kappa shape index (κ2) is 8.06. The summed E-state index contributed by atoms with van der Waals surface area (Å²) in [5.74, 6) is 1.89. The number of halogens is 1. The maximum Gasteiger partial charge on any atom is 0.266 e. The van der Waals surface area contributed by atoms with Gasteiger partial charge in [0.05, 0.1) is 23.1 Å². The molecule has 6 nitrogen and oxygen atoms in total. The number of rotatable bonds is 5. The van der Waals surface area contributed by atoms with E-state index in [9.17, 15) is 4.79 Å². The van der Waals surface area contributed by atoms with Gasteiger partial charge in [-0.1, -0.05) is 35.9 Å². The van der Waals surface area contributed by atoms with Crippen molar-refractivity contribution < 1.29 is 9.47 Å². The van der Waals surface area contributed by atoms with E-state index < -0.39 is 0 Å². The molecule has 1 aliphatic heterocycles. The lowest BCUT2D eigenvalue weighted by molar-refractivity contribution is 0.174. The summed E-state index contributed by atoms with van der Waals surface area (Å²) in [7, 11) is 0. The topological polar surface area (TPSA) is 65.4 Å². The SMILES string of the molecule is C[C@H](NCc1nc2ccccc2c(=O)n1-c1ccc2c(c1)OCO2)c1cccc(Cl)c1. The molecule has 1 N–H and O–H groups in total. The summed E-state index contributed by atoms with van der Waals surface area (Å²) in [5, 5.41) is 4.71. The molecule has 4 aromatic rings. The average Bonchev–Trinajstić information content (AvgIpc) is 3.25. The fourth-order valence-electron chi connectivity index (χ4n) is 3.73. The Balaban J connectivity index is 1.56. The molecule has 31 heavy (non-hydrogen) atoms. The molecule has 0 saturated carbocycles. The van der Waals surface area contributed by atoms with Crippen molar-refractivity contribution in [2.24, 2.45) is 0 Å². The number of hydrogen-bond acceptors (Lipinski definition) is 5. The minimum atomic E-state index is -0.128. The standard InChI is InChI=1S/C24H20ClN3O3/c1-15(16-5-4-6-17(25)11-16)26-13-23-27-20-8-3-2-7-19(20)24(29)28(23)18-9-10-21-22(12-18)31-14-30-21/h2-12,15,26H,13-14H2,1H3/t15-/m0/s1. The van der Waals surface area contributed by atoms with Crippen molar-refractivity contribution in [3.05, 3.63) is 93.5 Å². The first-order chi connectivity index (χ1) is 15.1. The minimum absolute atomic E-state index is 0.0206. The summed E-state index contributed by atoms with van der Waals surface area (Å²) >= 11 is 6.14. The molecule has 7 heteroatoms. The summed E-state index contributed by atoms with van der Waals surface area (Å²) in [4.78, 5) is 18.2. The first-order valence-electron chi connectivity index (χ1n) is 10.00. The highest BCUT2D eigenvalue weighted by atomic mass is 35.5. The third kappa shape index (κ3) is 3.76. The molecule has 0 fully saturated rings. The Kier molecular flexibility index (Phi) is 5.10. The van der Waals surface area contributed by atoms with Gasteiger partial charge in [0.1, 0.15) is 5.82 Å². The van der Waals surface area contributed by atoms with Crippen LogP contribution in [0.4, 0.5) is 0 Å². The van der Waals surface area contributed by atoms with Gasteiger partial charge in [0.25, 0.3) is 5.56 Å². The Morgan fingerprint density at radius 3 is 2.77 bits per heavy atom. The van der Waals surface area contributed by atoms with Gasteiger partial charge in [-0.05, 0) is 48.9 Å². The van der Waals surface area contributed by atoms with E-state index in [0.717, 1.165) is 5.56 Å². The van der Waals surface area contributed by atoms with Crippen LogP contribution in [-0.2, 0) is 6.54 Å². The number of nitrogens with zero attached hydrogens (tertiary/aromatic N) is 2. The summed E-state index contributed by atoms with van der Waals surface area (Å²) in [6, 6.07) is 20.6. The number of fused-ring (bicyclic) bond motifs is 2. The van der Waals surface area contributed by atoms with E-state index in [-0.39, 0.29) is 18.4 Å². The quantitative estimate of drug-likeness (QED) is 0.497. The first-order valence-corrected chi connectivity index (χ1v) is 10.4. The molecular weight excluding hydrogens is 414 g/mol. The van der Waals surface area contributed by atoms with Gasteiger partial charge < -0.3 is 14.8 Å². The van der Waals surface area contributed by atoms with Crippen LogP contribution in [0.15, 0.2) is 71.5 Å². The van der Waals surface area contributed by atoms with Crippen LogP contribution >= 0.6 is 11.6 Å². The molecule has 0 unspecified atom stereocenters. The molecule has 156 valence electrons. The molecule has 0 bridgehead atoms. The highest BCUT2D eigenvalue weighted by Gasteiger charge is 2.18. The lowest BCUT2D eigenvalue weighted by Crippen LogP contribution is -2.28. The molecule has 1 aliphatic rings. The zero-order valence-electron chi connectivity index (χ0n) is 16.8. The maximum atomic E-state index is 13.4. The van der Waals surface area contributed by atoms with Gasteiger partial charge in [0.15, 0.2) is 11.5 Å². The van der Waals surface area contributed by atoms with E-state index in [4.69, 9.17) is 26.1 Å². The largest absolute Gasteiger partial charge is 0.454 e. The number of nitrogens with one attached hydrogen (secondary N) is 1. The number of aromatic nitrogens is 2. The number of ether oxygens (including phenoxy) is 2. The van der Waals surface area contributed by atoms with Crippen molar-refractivity contribution in [1.29, 1.82) is 0 Å². The summed E-state index contributed by atoms with van der Waals surface area (Å²) in [5.41, 5.74) is 2.28. The van der Waals surface area contributed by atoms with Crippen LogP contribution in [0.25, 0.3) is 16.6 Å². The smallest absolute Gasteiger partial charge is 0.266 e. The van der Waals surface area contributed by atoms with Crippen LogP contribution < -0.4 is 20.3 Å². The van der Waals surface area contributed by atoms with Gasteiger partial charge in [-0.2, -0.15) is 0 Å². The second-order valence-electron chi connectivity index (χ2n) is 7.38. The Hall–Kier alpha value is -3.35. The molecule has 1 atom stereocenters. The van der Waals surface area contributed by atoms with Crippen molar-refractivity contribution >= 4 is 22.5 Å². The van der Waals surface area contributed by atoms with Crippen molar-refractivity contribution in [3.63, 3.8) is 0 Å². The molecular formula is C24H20ClN3O3. The van der Waals surface area contributed by atoms with Gasteiger partial charge in [0, 0.05) is 17.1 Å². The first kappa shape index (κ1) is 19.6. The number of para-hydroxylation sites is 1. The maximum absolute atomic E-state index is 13.4. The van der Waals surface area contributed by atoms with Crippen molar-refractivity contribution in [1.82, 2.24) is 14.9 Å².